The highest BCUT2D eigenvalue weighted by Gasteiger charge is 2.44. The van der Waals surface area contributed by atoms with Gasteiger partial charge in [-0.25, -0.2) is 8.42 Å². The van der Waals surface area contributed by atoms with Gasteiger partial charge in [0.2, 0.25) is 10.0 Å². The van der Waals surface area contributed by atoms with Crippen molar-refractivity contribution in [3.8, 4) is 0 Å². The van der Waals surface area contributed by atoms with Gasteiger partial charge in [-0.05, 0) is 33.1 Å². The lowest BCUT2D eigenvalue weighted by Gasteiger charge is -2.31. The number of rotatable bonds is 3. The quantitative estimate of drug-likeness (QED) is 0.781. The van der Waals surface area contributed by atoms with Crippen LogP contribution in [0.5, 0.6) is 0 Å². The van der Waals surface area contributed by atoms with Gasteiger partial charge in [0.1, 0.15) is 0 Å². The summed E-state index contributed by atoms with van der Waals surface area (Å²) in [6.07, 6.45) is 0.429. The molecule has 0 bridgehead atoms. The summed E-state index contributed by atoms with van der Waals surface area (Å²) < 4.78 is 25.6. The third-order valence-electron chi connectivity index (χ3n) is 3.35. The first-order valence-corrected chi connectivity index (χ1v) is 7.38. The van der Waals surface area contributed by atoms with Gasteiger partial charge in [-0.3, -0.25) is 0 Å². The molecule has 1 saturated heterocycles. The Kier molecular flexibility index (Phi) is 4.06. The normalized spacial score (nSPS) is 27.7. The van der Waals surface area contributed by atoms with Crippen LogP contribution < -0.4 is 0 Å². The maximum absolute atomic E-state index is 12.4. The van der Waals surface area contributed by atoms with Crippen LogP contribution in [0.15, 0.2) is 12.2 Å². The molecule has 0 unspecified atom stereocenters. The van der Waals surface area contributed by atoms with Crippen molar-refractivity contribution in [2.75, 3.05) is 13.2 Å². The van der Waals surface area contributed by atoms with E-state index in [1.54, 1.807) is 20.8 Å². The number of sulfonamides is 1. The molecule has 100 valence electrons. The lowest BCUT2D eigenvalue weighted by Crippen LogP contribution is -2.45. The van der Waals surface area contributed by atoms with Crippen molar-refractivity contribution in [1.29, 1.82) is 0 Å². The molecule has 1 rings (SSSR count). The molecular weight excluding hydrogens is 238 g/mol. The predicted molar refractivity (Wildman–Crippen MR) is 69.2 cm³/mol. The first kappa shape index (κ1) is 14.7. The second kappa shape index (κ2) is 4.71. The zero-order valence-corrected chi connectivity index (χ0v) is 11.9. The molecule has 2 atom stereocenters. The highest BCUT2D eigenvalue weighted by molar-refractivity contribution is 7.90. The fourth-order valence-electron chi connectivity index (χ4n) is 2.10. The zero-order valence-electron chi connectivity index (χ0n) is 11.1. The molecule has 4 nitrogen and oxygen atoms in total. The molecule has 17 heavy (non-hydrogen) atoms. The predicted octanol–water partition coefficient (Wildman–Crippen LogP) is 1.37. The molecule has 0 amide bonds. The number of nitrogens with zero attached hydrogens (tertiary/aromatic N) is 1. The van der Waals surface area contributed by atoms with Gasteiger partial charge < -0.3 is 5.11 Å². The second-order valence-electron chi connectivity index (χ2n) is 5.69. The van der Waals surface area contributed by atoms with Gasteiger partial charge in [-0.1, -0.05) is 19.1 Å². The lowest BCUT2D eigenvalue weighted by atomic mass is 10.0. The summed E-state index contributed by atoms with van der Waals surface area (Å²) in [6.45, 7) is 11.5. The zero-order chi connectivity index (χ0) is 13.4. The van der Waals surface area contributed by atoms with Crippen LogP contribution in [0.4, 0.5) is 0 Å². The molecule has 5 heteroatoms. The SMILES string of the molecule is C=C1[C@H](C)CN(S(=O)(=O)C(C)(C)C)[C@H]1CCO. The van der Waals surface area contributed by atoms with E-state index in [9.17, 15) is 8.42 Å². The molecule has 1 fully saturated rings. The average Bonchev–Trinajstić information content (AvgIpc) is 2.45. The van der Waals surface area contributed by atoms with Gasteiger partial charge in [0.05, 0.1) is 4.75 Å². The highest BCUT2D eigenvalue weighted by atomic mass is 32.2. The van der Waals surface area contributed by atoms with Crippen LogP contribution in [0.1, 0.15) is 34.1 Å². The summed E-state index contributed by atoms with van der Waals surface area (Å²) in [5.74, 6) is 0.156. The van der Waals surface area contributed by atoms with E-state index in [1.165, 1.54) is 4.31 Å². The van der Waals surface area contributed by atoms with Crippen molar-refractivity contribution in [3.05, 3.63) is 12.2 Å². The van der Waals surface area contributed by atoms with Crippen molar-refractivity contribution in [3.63, 3.8) is 0 Å². The van der Waals surface area contributed by atoms with E-state index in [-0.39, 0.29) is 18.6 Å². The van der Waals surface area contributed by atoms with Crippen molar-refractivity contribution in [1.82, 2.24) is 4.31 Å². The molecule has 1 heterocycles. The Labute approximate surface area is 104 Å². The van der Waals surface area contributed by atoms with Crippen LogP contribution in [-0.4, -0.2) is 41.8 Å². The lowest BCUT2D eigenvalue weighted by molar-refractivity contribution is 0.254. The molecule has 1 aliphatic heterocycles. The first-order chi connectivity index (χ1) is 7.63. The first-order valence-electron chi connectivity index (χ1n) is 5.94. The molecule has 0 saturated carbocycles. The fraction of sp³-hybridized carbons (Fsp3) is 0.833. The minimum absolute atomic E-state index is 0.0213. The Morgan fingerprint density at radius 2 is 2.00 bits per heavy atom. The van der Waals surface area contributed by atoms with Crippen molar-refractivity contribution < 1.29 is 13.5 Å². The Morgan fingerprint density at radius 3 is 2.41 bits per heavy atom. The van der Waals surface area contributed by atoms with E-state index in [2.05, 4.69) is 6.58 Å². The van der Waals surface area contributed by atoms with E-state index in [4.69, 9.17) is 5.11 Å². The summed E-state index contributed by atoms with van der Waals surface area (Å²) in [4.78, 5) is 0. The number of hydrogen-bond donors (Lipinski definition) is 1. The number of aliphatic hydroxyl groups is 1. The topological polar surface area (TPSA) is 57.6 Å². The molecule has 1 N–H and O–H groups in total. The fourth-order valence-corrected chi connectivity index (χ4v) is 3.80. The summed E-state index contributed by atoms with van der Waals surface area (Å²) in [6, 6.07) is -0.251. The van der Waals surface area contributed by atoms with E-state index in [0.29, 0.717) is 13.0 Å². The minimum atomic E-state index is -3.35. The Bertz CT molecular complexity index is 394. The van der Waals surface area contributed by atoms with Gasteiger partial charge in [0.15, 0.2) is 0 Å². The van der Waals surface area contributed by atoms with Crippen LogP contribution in [0.3, 0.4) is 0 Å². The smallest absolute Gasteiger partial charge is 0.219 e. The van der Waals surface area contributed by atoms with Crippen LogP contribution in [0.2, 0.25) is 0 Å². The van der Waals surface area contributed by atoms with Crippen LogP contribution >= 0.6 is 0 Å². The molecule has 0 aliphatic carbocycles. The maximum atomic E-state index is 12.4. The van der Waals surface area contributed by atoms with Gasteiger partial charge >= 0.3 is 0 Å². The molecule has 0 aromatic carbocycles. The molecule has 0 radical (unpaired) electrons. The summed E-state index contributed by atoms with van der Waals surface area (Å²) >= 11 is 0. The Balaban J connectivity index is 3.09. The van der Waals surface area contributed by atoms with Crippen molar-refractivity contribution in [2.45, 2.75) is 44.9 Å². The third kappa shape index (κ3) is 2.56. The van der Waals surface area contributed by atoms with Gasteiger partial charge in [-0.15, -0.1) is 0 Å². The van der Waals surface area contributed by atoms with Gasteiger partial charge in [0.25, 0.3) is 0 Å². The summed E-state index contributed by atoms with van der Waals surface area (Å²) in [7, 11) is -3.35. The molecule has 0 spiro atoms. The maximum Gasteiger partial charge on any atom is 0.219 e. The van der Waals surface area contributed by atoms with E-state index >= 15 is 0 Å². The number of hydrogen-bond acceptors (Lipinski definition) is 3. The molecular formula is C12H23NO3S. The number of aliphatic hydroxyl groups excluding tert-OH is 1. The van der Waals surface area contributed by atoms with E-state index in [1.807, 2.05) is 6.92 Å². The largest absolute Gasteiger partial charge is 0.396 e. The Morgan fingerprint density at radius 1 is 1.47 bits per heavy atom. The summed E-state index contributed by atoms with van der Waals surface area (Å²) in [5.41, 5.74) is 0.909. The van der Waals surface area contributed by atoms with E-state index < -0.39 is 14.8 Å². The summed E-state index contributed by atoms with van der Waals surface area (Å²) in [5, 5.41) is 9.05. The van der Waals surface area contributed by atoms with Crippen LogP contribution in [0, 0.1) is 5.92 Å². The Hall–Kier alpha value is -0.390. The second-order valence-corrected chi connectivity index (χ2v) is 8.34. The van der Waals surface area contributed by atoms with Gasteiger partial charge in [0, 0.05) is 19.2 Å². The standard InChI is InChI=1S/C12H23NO3S/c1-9-8-13(11(6-7-14)10(9)2)17(15,16)12(3,4)5/h9,11,14H,2,6-8H2,1,3-5H3/t9-,11+/m1/s1. The van der Waals surface area contributed by atoms with Crippen LogP contribution in [0.25, 0.3) is 0 Å². The molecule has 0 aromatic heterocycles. The minimum Gasteiger partial charge on any atom is -0.396 e. The van der Waals surface area contributed by atoms with Crippen LogP contribution in [-0.2, 0) is 10.0 Å². The monoisotopic (exact) mass is 261 g/mol. The molecule has 0 aromatic rings. The van der Waals surface area contributed by atoms with E-state index in [0.717, 1.165) is 5.57 Å². The average molecular weight is 261 g/mol. The highest BCUT2D eigenvalue weighted by Crippen LogP contribution is 2.35. The van der Waals surface area contributed by atoms with Crippen molar-refractivity contribution >= 4 is 10.0 Å². The third-order valence-corrected chi connectivity index (χ3v) is 5.92. The molecule has 1 aliphatic rings. The van der Waals surface area contributed by atoms with Crippen molar-refractivity contribution in [2.24, 2.45) is 5.92 Å². The van der Waals surface area contributed by atoms with Gasteiger partial charge in [-0.2, -0.15) is 4.31 Å².